The molecule has 0 fully saturated rings. The predicted molar refractivity (Wildman–Crippen MR) is 116 cm³/mol. The van der Waals surface area contributed by atoms with Crippen molar-refractivity contribution in [2.24, 2.45) is 0 Å². The maximum atomic E-state index is 13.7. The lowest BCUT2D eigenvalue weighted by Crippen LogP contribution is -2.19. The van der Waals surface area contributed by atoms with E-state index < -0.39 is 23.7 Å². The standard InChI is InChI=1S/C21H19ClF3N7O3/c1-34-11-16(35-2)19-13(10-26-18-8-17(22)30-31(18)19)7-14(33)5-12-6-15(21(23,24)25)20(27-9-12)32-28-3-4-29-32/h3-4,6,8-10,16H,5,7,11H2,1-2H3. The minimum Gasteiger partial charge on any atom is -0.382 e. The van der Waals surface area contributed by atoms with Crippen molar-refractivity contribution >= 4 is 23.0 Å². The summed E-state index contributed by atoms with van der Waals surface area (Å²) in [6, 6.07) is 2.43. The van der Waals surface area contributed by atoms with Crippen LogP contribution in [0.3, 0.4) is 0 Å². The minimum atomic E-state index is -4.72. The van der Waals surface area contributed by atoms with Crippen molar-refractivity contribution in [3.8, 4) is 5.82 Å². The Balaban J connectivity index is 1.64. The predicted octanol–water partition coefficient (Wildman–Crippen LogP) is 3.07. The maximum Gasteiger partial charge on any atom is 0.420 e. The van der Waals surface area contributed by atoms with Crippen molar-refractivity contribution in [2.75, 3.05) is 20.8 Å². The summed E-state index contributed by atoms with van der Waals surface area (Å²) >= 11 is 6.03. The Hall–Kier alpha value is -3.42. The average molecular weight is 510 g/mol. The number of halogens is 4. The van der Waals surface area contributed by atoms with E-state index in [1.54, 1.807) is 6.07 Å². The quantitative estimate of drug-likeness (QED) is 0.338. The Morgan fingerprint density at radius 2 is 1.86 bits per heavy atom. The molecule has 0 saturated heterocycles. The highest BCUT2D eigenvalue weighted by Gasteiger charge is 2.36. The molecule has 184 valence electrons. The number of carbonyl (C=O) groups is 1. The molecule has 1 unspecified atom stereocenters. The molecule has 4 heterocycles. The first-order valence-electron chi connectivity index (χ1n) is 10.2. The van der Waals surface area contributed by atoms with E-state index in [2.05, 4.69) is 25.3 Å². The van der Waals surface area contributed by atoms with E-state index in [1.165, 1.54) is 43.5 Å². The molecule has 0 spiro atoms. The Morgan fingerprint density at radius 1 is 1.11 bits per heavy atom. The van der Waals surface area contributed by atoms with E-state index in [0.29, 0.717) is 16.9 Å². The summed E-state index contributed by atoms with van der Waals surface area (Å²) < 4.78 is 53.2. The maximum absolute atomic E-state index is 13.7. The van der Waals surface area contributed by atoms with Gasteiger partial charge in [0.05, 0.1) is 24.7 Å². The van der Waals surface area contributed by atoms with E-state index in [9.17, 15) is 18.0 Å². The van der Waals surface area contributed by atoms with Crippen LogP contribution >= 0.6 is 11.6 Å². The summed E-state index contributed by atoms with van der Waals surface area (Å²) in [5.74, 6) is -0.841. The van der Waals surface area contributed by atoms with Crippen molar-refractivity contribution in [3.63, 3.8) is 0 Å². The molecule has 0 bridgehead atoms. The van der Waals surface area contributed by atoms with Gasteiger partial charge < -0.3 is 9.47 Å². The van der Waals surface area contributed by atoms with Crippen LogP contribution in [-0.4, -0.2) is 61.2 Å². The highest BCUT2D eigenvalue weighted by atomic mass is 35.5. The Bertz CT molecular complexity index is 1340. The molecular formula is C21H19ClF3N7O3. The number of pyridine rings is 1. The van der Waals surface area contributed by atoms with Gasteiger partial charge in [0.1, 0.15) is 17.5 Å². The second kappa shape index (κ2) is 10.1. The normalized spacial score (nSPS) is 12.9. The third-order valence-electron chi connectivity index (χ3n) is 5.10. The van der Waals surface area contributed by atoms with Gasteiger partial charge in [-0.3, -0.25) is 4.79 Å². The van der Waals surface area contributed by atoms with Gasteiger partial charge in [-0.25, -0.2) is 14.5 Å². The van der Waals surface area contributed by atoms with Crippen LogP contribution in [0, 0.1) is 0 Å². The van der Waals surface area contributed by atoms with Crippen molar-refractivity contribution in [3.05, 3.63) is 64.5 Å². The lowest BCUT2D eigenvalue weighted by Gasteiger charge is -2.19. The van der Waals surface area contributed by atoms with Crippen LogP contribution < -0.4 is 0 Å². The molecule has 0 aliphatic heterocycles. The van der Waals surface area contributed by atoms with E-state index >= 15 is 0 Å². The van der Waals surface area contributed by atoms with Crippen LogP contribution in [0.5, 0.6) is 0 Å². The Kier molecular flexibility index (Phi) is 7.10. The molecule has 0 saturated carbocycles. The number of alkyl halides is 3. The molecule has 35 heavy (non-hydrogen) atoms. The smallest absolute Gasteiger partial charge is 0.382 e. The third kappa shape index (κ3) is 5.31. The third-order valence-corrected chi connectivity index (χ3v) is 5.29. The molecular weight excluding hydrogens is 491 g/mol. The van der Waals surface area contributed by atoms with Crippen LogP contribution in [-0.2, 0) is 33.3 Å². The number of rotatable bonds is 9. The van der Waals surface area contributed by atoms with E-state index in [0.717, 1.165) is 10.9 Å². The van der Waals surface area contributed by atoms with Crippen molar-refractivity contribution in [1.82, 2.24) is 34.6 Å². The van der Waals surface area contributed by atoms with Crippen molar-refractivity contribution in [1.29, 1.82) is 0 Å². The SMILES string of the molecule is COCC(OC)c1c(CC(=O)Cc2cnc(-n3nccn3)c(C(F)(F)F)c2)cnc2cc(Cl)nn12. The molecule has 0 aliphatic carbocycles. The fourth-order valence-corrected chi connectivity index (χ4v) is 3.81. The number of hydrogen-bond acceptors (Lipinski definition) is 8. The lowest BCUT2D eigenvalue weighted by atomic mass is 10.0. The van der Waals surface area contributed by atoms with Crippen LogP contribution in [0.25, 0.3) is 11.5 Å². The summed E-state index contributed by atoms with van der Waals surface area (Å²) in [6.07, 6.45) is -0.563. The van der Waals surface area contributed by atoms with Gasteiger partial charge in [-0.1, -0.05) is 11.6 Å². The molecule has 0 amide bonds. The number of methoxy groups -OCH3 is 2. The van der Waals surface area contributed by atoms with Crippen molar-refractivity contribution in [2.45, 2.75) is 25.1 Å². The largest absolute Gasteiger partial charge is 0.420 e. The van der Waals surface area contributed by atoms with Gasteiger partial charge >= 0.3 is 6.18 Å². The van der Waals surface area contributed by atoms with E-state index in [-0.39, 0.29) is 35.9 Å². The minimum absolute atomic E-state index is 0.0936. The number of Topliss-reactive ketones (excluding diaryl/α,β-unsaturated/α-hetero) is 1. The second-order valence-corrected chi connectivity index (χ2v) is 7.90. The lowest BCUT2D eigenvalue weighted by molar-refractivity contribution is -0.138. The molecule has 0 N–H and O–H groups in total. The van der Waals surface area contributed by atoms with Gasteiger partial charge in [0.25, 0.3) is 0 Å². The van der Waals surface area contributed by atoms with Gasteiger partial charge in [0, 0.05) is 51.1 Å². The first kappa shape index (κ1) is 24.7. The van der Waals surface area contributed by atoms with Gasteiger partial charge in [-0.05, 0) is 11.6 Å². The Morgan fingerprint density at radius 3 is 2.51 bits per heavy atom. The summed E-state index contributed by atoms with van der Waals surface area (Å²) in [4.78, 5) is 21.8. The summed E-state index contributed by atoms with van der Waals surface area (Å²) in [5, 5.41) is 11.8. The zero-order chi connectivity index (χ0) is 25.2. The number of aromatic nitrogens is 7. The van der Waals surface area contributed by atoms with Gasteiger partial charge in [0.2, 0.25) is 0 Å². The number of ether oxygens (including phenoxy) is 2. The van der Waals surface area contributed by atoms with E-state index in [4.69, 9.17) is 21.1 Å². The molecule has 4 aromatic rings. The number of carbonyl (C=O) groups excluding carboxylic acids is 1. The topological polar surface area (TPSA) is 109 Å². The van der Waals surface area contributed by atoms with Crippen LogP contribution in [0.1, 0.15) is 28.5 Å². The van der Waals surface area contributed by atoms with Crippen LogP contribution in [0.15, 0.2) is 36.9 Å². The summed E-state index contributed by atoms with van der Waals surface area (Å²) in [5.41, 5.74) is 0.479. The summed E-state index contributed by atoms with van der Waals surface area (Å²) in [7, 11) is 2.98. The number of hydrogen-bond donors (Lipinski definition) is 0. The molecule has 4 aromatic heterocycles. The number of fused-ring (bicyclic) bond motifs is 1. The monoisotopic (exact) mass is 509 g/mol. The molecule has 14 heteroatoms. The molecule has 1 atom stereocenters. The first-order chi connectivity index (χ1) is 16.7. The fraction of sp³-hybridized carbons (Fsp3) is 0.333. The first-order valence-corrected chi connectivity index (χ1v) is 10.6. The second-order valence-electron chi connectivity index (χ2n) is 7.51. The van der Waals surface area contributed by atoms with E-state index in [1.807, 2.05) is 0 Å². The fourth-order valence-electron chi connectivity index (χ4n) is 3.64. The highest BCUT2D eigenvalue weighted by Crippen LogP contribution is 2.33. The van der Waals surface area contributed by atoms with Crippen LogP contribution in [0.2, 0.25) is 5.15 Å². The Labute approximate surface area is 201 Å². The van der Waals surface area contributed by atoms with Gasteiger partial charge in [0.15, 0.2) is 16.6 Å². The van der Waals surface area contributed by atoms with Crippen molar-refractivity contribution < 1.29 is 27.4 Å². The molecule has 4 rings (SSSR count). The number of nitrogens with zero attached hydrogens (tertiary/aromatic N) is 7. The van der Waals surface area contributed by atoms with Gasteiger partial charge in [-0.2, -0.15) is 28.5 Å². The number of ketones is 1. The zero-order valence-electron chi connectivity index (χ0n) is 18.5. The highest BCUT2D eigenvalue weighted by molar-refractivity contribution is 6.29. The molecule has 0 radical (unpaired) electrons. The van der Waals surface area contributed by atoms with Crippen LogP contribution in [0.4, 0.5) is 13.2 Å². The summed E-state index contributed by atoms with van der Waals surface area (Å²) in [6.45, 7) is 0.163. The molecule has 0 aliphatic rings. The molecule has 10 nitrogen and oxygen atoms in total. The average Bonchev–Trinajstić information content (AvgIpc) is 3.46. The van der Waals surface area contributed by atoms with Gasteiger partial charge in [-0.15, -0.1) is 4.80 Å². The molecule has 0 aromatic carbocycles. The zero-order valence-corrected chi connectivity index (χ0v) is 19.3.